The molecule has 0 spiro atoms. The summed E-state index contributed by atoms with van der Waals surface area (Å²) < 4.78 is 7.27. The average molecular weight is 480 g/mol. The molecule has 0 radical (unpaired) electrons. The summed E-state index contributed by atoms with van der Waals surface area (Å²) in [5, 5.41) is 22.4. The fourth-order valence-electron chi connectivity index (χ4n) is 4.29. The van der Waals surface area contributed by atoms with Gasteiger partial charge in [0.2, 0.25) is 0 Å². The number of fused-ring (bicyclic) bond motifs is 1. The lowest BCUT2D eigenvalue weighted by Gasteiger charge is -2.06. The molecule has 0 fully saturated rings. The molecule has 0 aliphatic rings. The Bertz CT molecular complexity index is 1700. The standard InChI is InChI=1S/C25H25N11/c1-5-34-10-9-22(30-34)36-24(20-13-21-25(26-14-20)33(4)32-28-21)27-23(31-36)19-8-6-7-18(12-19)15-35-17(3)11-16(2)29-35/h6-14H,5,15H2,1-4H3. The molecule has 180 valence electrons. The smallest absolute Gasteiger partial charge is 0.182 e. The summed E-state index contributed by atoms with van der Waals surface area (Å²) in [7, 11) is 1.82. The van der Waals surface area contributed by atoms with E-state index in [4.69, 9.17) is 10.1 Å². The molecule has 11 nitrogen and oxygen atoms in total. The third-order valence-electron chi connectivity index (χ3n) is 6.09. The molecule has 6 aromatic rings. The monoisotopic (exact) mass is 479 g/mol. The Morgan fingerprint density at radius 3 is 2.61 bits per heavy atom. The predicted octanol–water partition coefficient (Wildman–Crippen LogP) is 3.36. The van der Waals surface area contributed by atoms with Gasteiger partial charge in [0, 0.05) is 48.9 Å². The molecule has 0 bridgehead atoms. The van der Waals surface area contributed by atoms with E-state index in [0.717, 1.165) is 34.6 Å². The van der Waals surface area contributed by atoms with Gasteiger partial charge in [-0.3, -0.25) is 9.36 Å². The molecule has 0 saturated heterocycles. The largest absolute Gasteiger partial charge is 0.271 e. The van der Waals surface area contributed by atoms with Gasteiger partial charge >= 0.3 is 0 Å². The Labute approximate surface area is 207 Å². The van der Waals surface area contributed by atoms with E-state index >= 15 is 0 Å². The number of pyridine rings is 1. The van der Waals surface area contributed by atoms with Gasteiger partial charge < -0.3 is 0 Å². The van der Waals surface area contributed by atoms with Gasteiger partial charge in [-0.1, -0.05) is 23.4 Å². The Balaban J connectivity index is 1.44. The van der Waals surface area contributed by atoms with E-state index in [2.05, 4.69) is 50.6 Å². The number of aromatic nitrogens is 11. The number of hydrogen-bond acceptors (Lipinski definition) is 7. The second kappa shape index (κ2) is 8.52. The summed E-state index contributed by atoms with van der Waals surface area (Å²) in [6.07, 6.45) is 3.70. The maximum atomic E-state index is 4.93. The maximum Gasteiger partial charge on any atom is 0.182 e. The van der Waals surface area contributed by atoms with Crippen LogP contribution in [-0.4, -0.2) is 54.3 Å². The normalized spacial score (nSPS) is 11.6. The van der Waals surface area contributed by atoms with E-state index in [-0.39, 0.29) is 0 Å². The molecule has 36 heavy (non-hydrogen) atoms. The molecule has 0 amide bonds. The van der Waals surface area contributed by atoms with Crippen molar-refractivity contribution in [1.82, 2.24) is 54.3 Å². The summed E-state index contributed by atoms with van der Waals surface area (Å²) >= 11 is 0. The first-order valence-corrected chi connectivity index (χ1v) is 11.8. The molecule has 0 atom stereocenters. The Kier molecular flexibility index (Phi) is 5.17. The minimum atomic E-state index is 0.602. The van der Waals surface area contributed by atoms with Crippen LogP contribution in [0.5, 0.6) is 0 Å². The molecular weight excluding hydrogens is 454 g/mol. The van der Waals surface area contributed by atoms with Crippen molar-refractivity contribution >= 4 is 11.2 Å². The summed E-state index contributed by atoms with van der Waals surface area (Å²) in [5.41, 5.74) is 6.35. The number of benzene rings is 1. The van der Waals surface area contributed by atoms with Crippen molar-refractivity contribution in [3.63, 3.8) is 0 Å². The van der Waals surface area contributed by atoms with Crippen molar-refractivity contribution < 1.29 is 0 Å². The Morgan fingerprint density at radius 1 is 0.944 bits per heavy atom. The van der Waals surface area contributed by atoms with E-state index in [0.29, 0.717) is 35.2 Å². The molecule has 0 saturated carbocycles. The van der Waals surface area contributed by atoms with Crippen LogP contribution in [0.2, 0.25) is 0 Å². The van der Waals surface area contributed by atoms with Crippen LogP contribution in [0, 0.1) is 13.8 Å². The number of rotatable bonds is 6. The quantitative estimate of drug-likeness (QED) is 0.360. The molecule has 0 N–H and O–H groups in total. The minimum absolute atomic E-state index is 0.602. The first kappa shape index (κ1) is 21.8. The number of aryl methyl sites for hydroxylation is 4. The van der Waals surface area contributed by atoms with Crippen molar-refractivity contribution in [3.05, 3.63) is 71.8 Å². The highest BCUT2D eigenvalue weighted by atomic mass is 15.4. The number of nitrogens with zero attached hydrogens (tertiary/aromatic N) is 11. The predicted molar refractivity (Wildman–Crippen MR) is 134 cm³/mol. The van der Waals surface area contributed by atoms with Gasteiger partial charge in [-0.15, -0.1) is 10.2 Å². The van der Waals surface area contributed by atoms with Crippen LogP contribution in [0.15, 0.2) is 54.9 Å². The van der Waals surface area contributed by atoms with Crippen LogP contribution >= 0.6 is 0 Å². The zero-order valence-corrected chi connectivity index (χ0v) is 20.5. The van der Waals surface area contributed by atoms with Crippen LogP contribution < -0.4 is 0 Å². The molecular formula is C25H25N11. The fraction of sp³-hybridized carbons (Fsp3) is 0.240. The van der Waals surface area contributed by atoms with Crippen molar-refractivity contribution in [2.45, 2.75) is 33.9 Å². The molecule has 0 unspecified atom stereocenters. The van der Waals surface area contributed by atoms with Crippen LogP contribution in [0.1, 0.15) is 23.9 Å². The van der Waals surface area contributed by atoms with Gasteiger partial charge in [-0.2, -0.15) is 14.9 Å². The second-order valence-electron chi connectivity index (χ2n) is 8.77. The Morgan fingerprint density at radius 2 is 1.83 bits per heavy atom. The van der Waals surface area contributed by atoms with Crippen molar-refractivity contribution in [1.29, 1.82) is 0 Å². The zero-order chi connectivity index (χ0) is 24.8. The lowest BCUT2D eigenvalue weighted by Crippen LogP contribution is -2.04. The molecule has 0 aliphatic heterocycles. The Hall–Kier alpha value is -4.67. The lowest BCUT2D eigenvalue weighted by atomic mass is 10.1. The van der Waals surface area contributed by atoms with Crippen molar-refractivity contribution in [2.24, 2.45) is 7.05 Å². The SMILES string of the molecule is CCn1ccc(-n2nc(-c3cccc(Cn4nc(C)cc4C)c3)nc2-c2cnc3c(c2)nnn3C)n1. The summed E-state index contributed by atoms with van der Waals surface area (Å²) in [6, 6.07) is 14.2. The first-order valence-electron chi connectivity index (χ1n) is 11.8. The van der Waals surface area contributed by atoms with Gasteiger partial charge in [0.25, 0.3) is 0 Å². The van der Waals surface area contributed by atoms with Crippen LogP contribution in [0.4, 0.5) is 0 Å². The van der Waals surface area contributed by atoms with Crippen LogP contribution in [-0.2, 0) is 20.1 Å². The van der Waals surface area contributed by atoms with Gasteiger partial charge in [-0.05, 0) is 44.5 Å². The number of hydrogen-bond donors (Lipinski definition) is 0. The van der Waals surface area contributed by atoms with E-state index in [9.17, 15) is 0 Å². The summed E-state index contributed by atoms with van der Waals surface area (Å²) in [4.78, 5) is 9.48. The van der Waals surface area contributed by atoms with E-state index in [1.807, 2.05) is 60.7 Å². The summed E-state index contributed by atoms with van der Waals surface area (Å²) in [6.45, 7) is 7.56. The second-order valence-corrected chi connectivity index (χ2v) is 8.77. The average Bonchev–Trinajstić information content (AvgIpc) is 3.66. The third-order valence-corrected chi connectivity index (χ3v) is 6.09. The highest BCUT2D eigenvalue weighted by molar-refractivity contribution is 5.76. The fourth-order valence-corrected chi connectivity index (χ4v) is 4.29. The third kappa shape index (κ3) is 3.84. The van der Waals surface area contributed by atoms with Crippen LogP contribution in [0.25, 0.3) is 39.8 Å². The molecule has 0 aliphatic carbocycles. The maximum absolute atomic E-state index is 4.93. The lowest BCUT2D eigenvalue weighted by molar-refractivity contribution is 0.646. The zero-order valence-electron chi connectivity index (χ0n) is 20.5. The molecule has 1 aromatic carbocycles. The minimum Gasteiger partial charge on any atom is -0.271 e. The molecule has 6 rings (SSSR count). The molecule has 11 heteroatoms. The van der Waals surface area contributed by atoms with Crippen molar-refractivity contribution in [3.8, 4) is 28.6 Å². The van der Waals surface area contributed by atoms with Crippen LogP contribution in [0.3, 0.4) is 0 Å². The topological polar surface area (TPSA) is 110 Å². The highest BCUT2D eigenvalue weighted by Gasteiger charge is 2.19. The van der Waals surface area contributed by atoms with Crippen molar-refractivity contribution in [2.75, 3.05) is 0 Å². The van der Waals surface area contributed by atoms with Gasteiger partial charge in [-0.25, -0.2) is 14.6 Å². The highest BCUT2D eigenvalue weighted by Crippen LogP contribution is 2.26. The van der Waals surface area contributed by atoms with Gasteiger partial charge in [0.05, 0.1) is 12.2 Å². The summed E-state index contributed by atoms with van der Waals surface area (Å²) in [5.74, 6) is 1.92. The first-order chi connectivity index (χ1) is 17.5. The van der Waals surface area contributed by atoms with E-state index in [1.54, 1.807) is 15.6 Å². The molecule has 5 aromatic heterocycles. The van der Waals surface area contributed by atoms with E-state index < -0.39 is 0 Å². The van der Waals surface area contributed by atoms with Gasteiger partial charge in [0.15, 0.2) is 23.1 Å². The molecule has 5 heterocycles. The van der Waals surface area contributed by atoms with Gasteiger partial charge in [0.1, 0.15) is 5.52 Å². The van der Waals surface area contributed by atoms with E-state index in [1.165, 1.54) is 0 Å².